The first-order chi connectivity index (χ1) is 10.5. The van der Waals surface area contributed by atoms with E-state index < -0.39 is 0 Å². The first-order valence-corrected chi connectivity index (χ1v) is 6.78. The minimum atomic E-state index is -0.242. The van der Waals surface area contributed by atoms with Crippen LogP contribution in [0.4, 0.5) is 5.69 Å². The molecule has 2 rings (SSSR count). The number of anilines is 1. The Morgan fingerprint density at radius 1 is 0.909 bits per heavy atom. The van der Waals surface area contributed by atoms with E-state index in [1.165, 1.54) is 21.3 Å². The summed E-state index contributed by atoms with van der Waals surface area (Å²) in [7, 11) is 4.48. The summed E-state index contributed by atoms with van der Waals surface area (Å²) in [5.74, 6) is 0.987. The van der Waals surface area contributed by atoms with Gasteiger partial charge in [-0.15, -0.1) is 0 Å². The van der Waals surface area contributed by atoms with Gasteiger partial charge in [0.05, 0.1) is 21.3 Å². The van der Waals surface area contributed by atoms with E-state index in [0.29, 0.717) is 39.1 Å². The van der Waals surface area contributed by atoms with Crippen molar-refractivity contribution in [2.24, 2.45) is 0 Å². The van der Waals surface area contributed by atoms with Crippen molar-refractivity contribution in [3.8, 4) is 17.2 Å². The fraction of sp³-hybridized carbons (Fsp3) is 0.188. The molecule has 0 amide bonds. The normalized spacial score (nSPS) is 10.2. The molecule has 0 aliphatic rings. The van der Waals surface area contributed by atoms with Crippen molar-refractivity contribution < 1.29 is 19.0 Å². The summed E-state index contributed by atoms with van der Waals surface area (Å²) >= 11 is 5.94. The fourth-order valence-electron chi connectivity index (χ4n) is 2.12. The van der Waals surface area contributed by atoms with E-state index in [1.54, 1.807) is 30.3 Å². The van der Waals surface area contributed by atoms with Gasteiger partial charge in [0, 0.05) is 21.8 Å². The number of carbonyl (C=O) groups is 1. The predicted molar refractivity (Wildman–Crippen MR) is 85.4 cm³/mol. The number of nitrogen functional groups attached to an aromatic ring is 1. The molecule has 0 radical (unpaired) electrons. The second kappa shape index (κ2) is 6.58. The minimum absolute atomic E-state index is 0.242. The second-order valence-electron chi connectivity index (χ2n) is 4.52. The molecule has 0 unspecified atom stereocenters. The third-order valence-corrected chi connectivity index (χ3v) is 3.33. The van der Waals surface area contributed by atoms with Gasteiger partial charge in [0.15, 0.2) is 17.3 Å². The number of hydrogen-bond donors (Lipinski definition) is 1. The molecule has 0 atom stereocenters. The van der Waals surface area contributed by atoms with Gasteiger partial charge in [-0.2, -0.15) is 0 Å². The summed E-state index contributed by atoms with van der Waals surface area (Å²) in [6.07, 6.45) is 0. The highest BCUT2D eigenvalue weighted by atomic mass is 35.5. The number of ether oxygens (including phenoxy) is 3. The molecule has 0 aliphatic heterocycles. The summed E-state index contributed by atoms with van der Waals surface area (Å²) in [6, 6.07) is 7.87. The van der Waals surface area contributed by atoms with E-state index in [-0.39, 0.29) is 5.78 Å². The molecule has 0 aromatic heterocycles. The first-order valence-electron chi connectivity index (χ1n) is 6.41. The zero-order valence-electron chi connectivity index (χ0n) is 12.5. The number of halogens is 1. The van der Waals surface area contributed by atoms with Gasteiger partial charge in [0.25, 0.3) is 0 Å². The fourth-order valence-corrected chi connectivity index (χ4v) is 2.37. The van der Waals surface area contributed by atoms with Crippen LogP contribution in [0.15, 0.2) is 30.3 Å². The molecule has 0 saturated carbocycles. The molecule has 0 fully saturated rings. The van der Waals surface area contributed by atoms with Crippen molar-refractivity contribution in [2.75, 3.05) is 27.1 Å². The molecule has 0 heterocycles. The molecular weight excluding hydrogens is 306 g/mol. The van der Waals surface area contributed by atoms with Crippen LogP contribution in [-0.4, -0.2) is 27.1 Å². The first kappa shape index (κ1) is 16.0. The van der Waals surface area contributed by atoms with Crippen molar-refractivity contribution in [1.82, 2.24) is 0 Å². The van der Waals surface area contributed by atoms with Gasteiger partial charge in [-0.25, -0.2) is 0 Å². The van der Waals surface area contributed by atoms with Crippen LogP contribution in [0.3, 0.4) is 0 Å². The Bertz CT molecular complexity index is 670. The minimum Gasteiger partial charge on any atom is -0.493 e. The van der Waals surface area contributed by atoms with Crippen LogP contribution >= 0.6 is 11.6 Å². The highest BCUT2D eigenvalue weighted by molar-refractivity contribution is 6.31. The zero-order valence-corrected chi connectivity index (χ0v) is 13.2. The van der Waals surface area contributed by atoms with Gasteiger partial charge in [0.1, 0.15) is 0 Å². The van der Waals surface area contributed by atoms with Crippen LogP contribution in [0.2, 0.25) is 5.02 Å². The number of nitrogens with two attached hydrogens (primary N) is 1. The van der Waals surface area contributed by atoms with Gasteiger partial charge >= 0.3 is 0 Å². The van der Waals surface area contributed by atoms with Crippen molar-refractivity contribution in [2.45, 2.75) is 0 Å². The maximum absolute atomic E-state index is 12.6. The SMILES string of the molecule is COc1cc(C(=O)c2cc(N)cc(Cl)c2)cc(OC)c1OC. The Kier molecular flexibility index (Phi) is 4.78. The van der Waals surface area contributed by atoms with Gasteiger partial charge in [-0.05, 0) is 30.3 Å². The number of methoxy groups -OCH3 is 3. The van der Waals surface area contributed by atoms with Crippen LogP contribution in [-0.2, 0) is 0 Å². The maximum Gasteiger partial charge on any atom is 0.203 e. The van der Waals surface area contributed by atoms with Gasteiger partial charge in [-0.3, -0.25) is 4.79 Å². The van der Waals surface area contributed by atoms with E-state index in [1.807, 2.05) is 0 Å². The molecule has 6 heteroatoms. The number of rotatable bonds is 5. The Hall–Kier alpha value is -2.40. The Labute approximate surface area is 133 Å². The Balaban J connectivity index is 2.54. The number of benzene rings is 2. The molecule has 22 heavy (non-hydrogen) atoms. The average molecular weight is 322 g/mol. The smallest absolute Gasteiger partial charge is 0.203 e. The van der Waals surface area contributed by atoms with Gasteiger partial charge in [0.2, 0.25) is 5.75 Å². The van der Waals surface area contributed by atoms with Gasteiger partial charge < -0.3 is 19.9 Å². The van der Waals surface area contributed by atoms with Crippen LogP contribution in [0, 0.1) is 0 Å². The highest BCUT2D eigenvalue weighted by Crippen LogP contribution is 2.38. The lowest BCUT2D eigenvalue weighted by Crippen LogP contribution is -2.05. The Morgan fingerprint density at radius 2 is 1.45 bits per heavy atom. The lowest BCUT2D eigenvalue weighted by Gasteiger charge is -2.14. The van der Waals surface area contributed by atoms with E-state index in [4.69, 9.17) is 31.5 Å². The molecular formula is C16H16ClNO4. The Morgan fingerprint density at radius 3 is 1.91 bits per heavy atom. The quantitative estimate of drug-likeness (QED) is 0.676. The average Bonchev–Trinajstić information content (AvgIpc) is 2.51. The zero-order chi connectivity index (χ0) is 16.3. The maximum atomic E-state index is 12.6. The van der Waals surface area contributed by atoms with E-state index in [9.17, 15) is 4.79 Å². The topological polar surface area (TPSA) is 70.8 Å². The van der Waals surface area contributed by atoms with Crippen LogP contribution in [0.25, 0.3) is 0 Å². The molecule has 0 aliphatic carbocycles. The molecule has 116 valence electrons. The van der Waals surface area contributed by atoms with Crippen LogP contribution in [0.1, 0.15) is 15.9 Å². The summed E-state index contributed by atoms with van der Waals surface area (Å²) in [5, 5.41) is 0.399. The molecule has 0 spiro atoms. The van der Waals surface area contributed by atoms with Crippen molar-refractivity contribution in [3.63, 3.8) is 0 Å². The van der Waals surface area contributed by atoms with E-state index in [0.717, 1.165) is 0 Å². The largest absolute Gasteiger partial charge is 0.493 e. The van der Waals surface area contributed by atoms with Crippen molar-refractivity contribution >= 4 is 23.1 Å². The third kappa shape index (κ3) is 3.09. The molecule has 0 bridgehead atoms. The number of carbonyl (C=O) groups excluding carboxylic acids is 1. The molecule has 2 aromatic rings. The standard InChI is InChI=1S/C16H16ClNO4/c1-20-13-6-10(7-14(21-2)16(13)22-3)15(19)9-4-11(17)8-12(18)5-9/h4-8H,18H2,1-3H3. The third-order valence-electron chi connectivity index (χ3n) is 3.11. The molecule has 2 aromatic carbocycles. The number of hydrogen-bond acceptors (Lipinski definition) is 5. The summed E-state index contributed by atoms with van der Waals surface area (Å²) in [5.41, 5.74) is 6.92. The van der Waals surface area contributed by atoms with E-state index >= 15 is 0 Å². The van der Waals surface area contributed by atoms with Crippen LogP contribution < -0.4 is 19.9 Å². The summed E-state index contributed by atoms with van der Waals surface area (Å²) in [6.45, 7) is 0. The molecule has 0 saturated heterocycles. The predicted octanol–water partition coefficient (Wildman–Crippen LogP) is 3.18. The van der Waals surface area contributed by atoms with Crippen molar-refractivity contribution in [3.05, 3.63) is 46.5 Å². The lowest BCUT2D eigenvalue weighted by atomic mass is 10.0. The summed E-state index contributed by atoms with van der Waals surface area (Å²) < 4.78 is 15.7. The molecule has 2 N–H and O–H groups in total. The van der Waals surface area contributed by atoms with Gasteiger partial charge in [-0.1, -0.05) is 11.6 Å². The highest BCUT2D eigenvalue weighted by Gasteiger charge is 2.18. The molecule has 5 nitrogen and oxygen atoms in total. The van der Waals surface area contributed by atoms with Crippen LogP contribution in [0.5, 0.6) is 17.2 Å². The monoisotopic (exact) mass is 321 g/mol. The number of ketones is 1. The lowest BCUT2D eigenvalue weighted by molar-refractivity contribution is 0.103. The summed E-state index contributed by atoms with van der Waals surface area (Å²) in [4.78, 5) is 12.6. The second-order valence-corrected chi connectivity index (χ2v) is 4.95. The van der Waals surface area contributed by atoms with E-state index in [2.05, 4.69) is 0 Å². The van der Waals surface area contributed by atoms with Crippen molar-refractivity contribution in [1.29, 1.82) is 0 Å².